The molecule has 8 heteroatoms. The number of nitro benzene ring substituents is 1. The third-order valence-electron chi connectivity index (χ3n) is 2.57. The second kappa shape index (κ2) is 5.78. The van der Waals surface area contributed by atoms with Gasteiger partial charge in [-0.2, -0.15) is 0 Å². The summed E-state index contributed by atoms with van der Waals surface area (Å²) in [5.74, 6) is -1.55. The minimum absolute atomic E-state index is 0.0108. The Bertz CT molecular complexity index is 712. The summed E-state index contributed by atoms with van der Waals surface area (Å²) in [7, 11) is 0. The molecule has 0 unspecified atom stereocenters. The van der Waals surface area contributed by atoms with Crippen molar-refractivity contribution < 1.29 is 19.6 Å². The number of carboxylic acids is 1. The molecule has 0 aliphatic carbocycles. The van der Waals surface area contributed by atoms with Gasteiger partial charge in [0.25, 0.3) is 11.6 Å². The number of hydrogen-bond donors (Lipinski definition) is 2. The lowest BCUT2D eigenvalue weighted by Gasteiger charge is -2.04. The maximum Gasteiger partial charge on any atom is 0.337 e. The van der Waals surface area contributed by atoms with Crippen LogP contribution in [0, 0.1) is 10.1 Å². The number of pyridine rings is 1. The van der Waals surface area contributed by atoms with Crippen LogP contribution in [-0.2, 0) is 0 Å². The summed E-state index contributed by atoms with van der Waals surface area (Å²) < 4.78 is 0. The normalized spacial score (nSPS) is 9.90. The van der Waals surface area contributed by atoms with Crippen LogP contribution in [-0.4, -0.2) is 26.9 Å². The molecule has 0 atom stereocenters. The van der Waals surface area contributed by atoms with E-state index in [-0.39, 0.29) is 22.6 Å². The van der Waals surface area contributed by atoms with E-state index in [1.165, 1.54) is 30.3 Å². The average Bonchev–Trinajstić information content (AvgIpc) is 2.48. The number of aromatic carboxylic acids is 1. The Kier molecular flexibility index (Phi) is 3.89. The predicted molar refractivity (Wildman–Crippen MR) is 72.2 cm³/mol. The van der Waals surface area contributed by atoms with E-state index in [0.29, 0.717) is 0 Å². The predicted octanol–water partition coefficient (Wildman–Crippen LogP) is 1.94. The number of anilines is 1. The number of amides is 1. The van der Waals surface area contributed by atoms with Crippen molar-refractivity contribution in [3.05, 3.63) is 63.8 Å². The van der Waals surface area contributed by atoms with Gasteiger partial charge in [-0.15, -0.1) is 0 Å². The number of nitrogens with one attached hydrogen (secondary N) is 1. The molecule has 0 bridgehead atoms. The second-order valence-electron chi connectivity index (χ2n) is 4.00. The molecule has 2 N–H and O–H groups in total. The van der Waals surface area contributed by atoms with Crippen molar-refractivity contribution >= 4 is 23.4 Å². The van der Waals surface area contributed by atoms with Gasteiger partial charge in [-0.05, 0) is 18.2 Å². The molecule has 2 rings (SSSR count). The zero-order chi connectivity index (χ0) is 15.4. The highest BCUT2D eigenvalue weighted by Gasteiger charge is 2.12. The summed E-state index contributed by atoms with van der Waals surface area (Å²) in [4.78, 5) is 36.4. The van der Waals surface area contributed by atoms with Gasteiger partial charge in [-0.1, -0.05) is 6.07 Å². The minimum Gasteiger partial charge on any atom is -0.478 e. The number of nitro groups is 1. The molecule has 1 heterocycles. The Morgan fingerprint density at radius 1 is 1.19 bits per heavy atom. The van der Waals surface area contributed by atoms with Crippen molar-refractivity contribution in [3.63, 3.8) is 0 Å². The standard InChI is InChI=1S/C13H9N3O5/c17-12(8-2-1-3-10(6-8)16(20)21)15-11-5-4-9(7-14-11)13(18)19/h1-7H,(H,18,19)(H,14,15,17). The van der Waals surface area contributed by atoms with Crippen LogP contribution in [0.25, 0.3) is 0 Å². The lowest BCUT2D eigenvalue weighted by molar-refractivity contribution is -0.384. The molecular formula is C13H9N3O5. The van der Waals surface area contributed by atoms with Gasteiger partial charge in [-0.25, -0.2) is 9.78 Å². The number of benzene rings is 1. The summed E-state index contributed by atoms with van der Waals surface area (Å²) in [5, 5.41) is 21.8. The molecule has 0 aliphatic heterocycles. The number of non-ortho nitro benzene ring substituents is 1. The first-order valence-electron chi connectivity index (χ1n) is 5.72. The van der Waals surface area contributed by atoms with Crippen LogP contribution >= 0.6 is 0 Å². The van der Waals surface area contributed by atoms with E-state index in [4.69, 9.17) is 5.11 Å². The smallest absolute Gasteiger partial charge is 0.337 e. The van der Waals surface area contributed by atoms with Gasteiger partial charge >= 0.3 is 5.97 Å². The number of rotatable bonds is 4. The zero-order valence-electron chi connectivity index (χ0n) is 10.5. The maximum absolute atomic E-state index is 11.9. The fourth-order valence-electron chi connectivity index (χ4n) is 1.54. The molecule has 0 spiro atoms. The molecule has 0 saturated heterocycles. The Balaban J connectivity index is 2.16. The Morgan fingerprint density at radius 3 is 2.52 bits per heavy atom. The Hall–Kier alpha value is -3.29. The minimum atomic E-state index is -1.13. The molecule has 0 aliphatic rings. The van der Waals surface area contributed by atoms with E-state index in [0.717, 1.165) is 12.3 Å². The first-order valence-corrected chi connectivity index (χ1v) is 5.72. The van der Waals surface area contributed by atoms with Gasteiger partial charge in [0.15, 0.2) is 0 Å². The van der Waals surface area contributed by atoms with Crippen molar-refractivity contribution in [2.75, 3.05) is 5.32 Å². The van der Waals surface area contributed by atoms with Gasteiger partial charge in [0, 0.05) is 23.9 Å². The highest BCUT2D eigenvalue weighted by Crippen LogP contribution is 2.14. The van der Waals surface area contributed by atoms with E-state index in [1.807, 2.05) is 0 Å². The highest BCUT2D eigenvalue weighted by atomic mass is 16.6. The van der Waals surface area contributed by atoms with Crippen LogP contribution in [0.4, 0.5) is 11.5 Å². The van der Waals surface area contributed by atoms with Crippen molar-refractivity contribution in [2.45, 2.75) is 0 Å². The topological polar surface area (TPSA) is 122 Å². The van der Waals surface area contributed by atoms with Crippen LogP contribution in [0.1, 0.15) is 20.7 Å². The number of aromatic nitrogens is 1. The molecule has 0 fully saturated rings. The van der Waals surface area contributed by atoms with Crippen molar-refractivity contribution in [1.82, 2.24) is 4.98 Å². The van der Waals surface area contributed by atoms with Crippen LogP contribution in [0.15, 0.2) is 42.6 Å². The maximum atomic E-state index is 11.9. The monoisotopic (exact) mass is 287 g/mol. The lowest BCUT2D eigenvalue weighted by atomic mass is 10.2. The summed E-state index contributed by atoms with van der Waals surface area (Å²) in [6, 6.07) is 7.86. The van der Waals surface area contributed by atoms with Crippen molar-refractivity contribution in [3.8, 4) is 0 Å². The Labute approximate surface area is 118 Å². The van der Waals surface area contributed by atoms with Crippen molar-refractivity contribution in [2.24, 2.45) is 0 Å². The van der Waals surface area contributed by atoms with Crippen LogP contribution < -0.4 is 5.32 Å². The summed E-state index contributed by atoms with van der Waals surface area (Å²) >= 11 is 0. The first-order chi connectivity index (χ1) is 9.97. The van der Waals surface area contributed by atoms with E-state index in [1.54, 1.807) is 0 Å². The number of carbonyl (C=O) groups excluding carboxylic acids is 1. The van der Waals surface area contributed by atoms with Crippen LogP contribution in [0.3, 0.4) is 0 Å². The Morgan fingerprint density at radius 2 is 1.95 bits per heavy atom. The average molecular weight is 287 g/mol. The number of hydrogen-bond acceptors (Lipinski definition) is 5. The van der Waals surface area contributed by atoms with Gasteiger partial charge in [0.1, 0.15) is 5.82 Å². The van der Waals surface area contributed by atoms with Gasteiger partial charge in [0.2, 0.25) is 0 Å². The fraction of sp³-hybridized carbons (Fsp3) is 0. The number of nitrogens with zero attached hydrogens (tertiary/aromatic N) is 2. The molecule has 0 saturated carbocycles. The number of carbonyl (C=O) groups is 2. The molecule has 2 aromatic rings. The van der Waals surface area contributed by atoms with E-state index in [2.05, 4.69) is 10.3 Å². The van der Waals surface area contributed by atoms with E-state index < -0.39 is 16.8 Å². The third kappa shape index (κ3) is 3.38. The summed E-state index contributed by atoms with van der Waals surface area (Å²) in [5.41, 5.74) is -0.103. The summed E-state index contributed by atoms with van der Waals surface area (Å²) in [6.45, 7) is 0. The molecular weight excluding hydrogens is 278 g/mol. The quantitative estimate of drug-likeness (QED) is 0.654. The molecule has 0 radical (unpaired) electrons. The lowest BCUT2D eigenvalue weighted by Crippen LogP contribution is -2.13. The van der Waals surface area contributed by atoms with Crippen LogP contribution in [0.2, 0.25) is 0 Å². The molecule has 1 aromatic heterocycles. The van der Waals surface area contributed by atoms with Crippen molar-refractivity contribution in [1.29, 1.82) is 0 Å². The SMILES string of the molecule is O=C(O)c1ccc(NC(=O)c2cccc([N+](=O)[O-])c2)nc1. The van der Waals surface area contributed by atoms with Gasteiger partial charge in [-0.3, -0.25) is 14.9 Å². The molecule has 1 amide bonds. The zero-order valence-corrected chi connectivity index (χ0v) is 10.5. The van der Waals surface area contributed by atoms with E-state index >= 15 is 0 Å². The first kappa shape index (κ1) is 14.1. The molecule has 106 valence electrons. The fourth-order valence-corrected chi connectivity index (χ4v) is 1.54. The van der Waals surface area contributed by atoms with E-state index in [9.17, 15) is 19.7 Å². The highest BCUT2D eigenvalue weighted by molar-refractivity contribution is 6.04. The second-order valence-corrected chi connectivity index (χ2v) is 4.00. The van der Waals surface area contributed by atoms with Gasteiger partial charge in [0.05, 0.1) is 10.5 Å². The largest absolute Gasteiger partial charge is 0.478 e. The van der Waals surface area contributed by atoms with Gasteiger partial charge < -0.3 is 10.4 Å². The van der Waals surface area contributed by atoms with Crippen LogP contribution in [0.5, 0.6) is 0 Å². The third-order valence-corrected chi connectivity index (χ3v) is 2.57. The molecule has 8 nitrogen and oxygen atoms in total. The molecule has 21 heavy (non-hydrogen) atoms. The summed E-state index contributed by atoms with van der Waals surface area (Å²) in [6.07, 6.45) is 1.10. The molecule has 1 aromatic carbocycles. The number of carboxylic acid groups (broad SMARTS) is 1.